The maximum absolute atomic E-state index is 12.1. The molecule has 1 amide bonds. The molecule has 0 unspecified atom stereocenters. The van der Waals surface area contributed by atoms with Crippen molar-refractivity contribution in [2.24, 2.45) is 0 Å². The number of nitriles is 2. The lowest BCUT2D eigenvalue weighted by Gasteiger charge is -2.06. The number of hydrogen-bond donors (Lipinski definition) is 1. The molecule has 2 aromatic heterocycles. The molecule has 5 rings (SSSR count). The summed E-state index contributed by atoms with van der Waals surface area (Å²) >= 11 is 1.42. The monoisotopic (exact) mass is 440 g/mol. The van der Waals surface area contributed by atoms with Crippen LogP contribution in [-0.4, -0.2) is 26.6 Å². The molecule has 4 aromatic rings. The molecule has 0 saturated heterocycles. The lowest BCUT2D eigenvalue weighted by atomic mass is 10.00. The molecule has 1 N–H and O–H groups in total. The molecule has 0 bridgehead atoms. The van der Waals surface area contributed by atoms with Gasteiger partial charge in [0.1, 0.15) is 23.0 Å². The summed E-state index contributed by atoms with van der Waals surface area (Å²) < 4.78 is 6.42. The Labute approximate surface area is 187 Å². The predicted molar refractivity (Wildman–Crippen MR) is 116 cm³/mol. The third kappa shape index (κ3) is 3.82. The Kier molecular flexibility index (Phi) is 4.89. The van der Waals surface area contributed by atoms with Gasteiger partial charge in [-0.3, -0.25) is 4.79 Å². The molecule has 0 atom stereocenters. The molecule has 2 heterocycles. The standard InChI is InChI=1S/C23H16N6O2S/c24-12-16-15(14-4-2-1-3-5-14)6-7-17-22(16)32-21(26-17)11-20-29-28-19(31-20)10-18(30)27-23(13-25)8-9-23/h1-7H,8-11H2,(H,27,30). The zero-order valence-electron chi connectivity index (χ0n) is 16.8. The Bertz CT molecular complexity index is 1410. The van der Waals surface area contributed by atoms with Crippen LogP contribution in [0.1, 0.15) is 35.2 Å². The largest absolute Gasteiger partial charge is 0.424 e. The molecule has 0 spiro atoms. The van der Waals surface area contributed by atoms with E-state index < -0.39 is 5.54 Å². The van der Waals surface area contributed by atoms with Crippen LogP contribution in [-0.2, 0) is 17.6 Å². The van der Waals surface area contributed by atoms with E-state index in [-0.39, 0.29) is 18.2 Å². The van der Waals surface area contributed by atoms with Gasteiger partial charge in [-0.25, -0.2) is 4.98 Å². The minimum Gasteiger partial charge on any atom is -0.424 e. The Morgan fingerprint density at radius 2 is 1.91 bits per heavy atom. The van der Waals surface area contributed by atoms with Gasteiger partial charge in [-0.05, 0) is 24.5 Å². The minimum atomic E-state index is -0.724. The fourth-order valence-electron chi connectivity index (χ4n) is 3.48. The smallest absolute Gasteiger partial charge is 0.230 e. The van der Waals surface area contributed by atoms with Gasteiger partial charge >= 0.3 is 0 Å². The number of rotatable bonds is 6. The third-order valence-electron chi connectivity index (χ3n) is 5.26. The van der Waals surface area contributed by atoms with Crippen molar-refractivity contribution in [3.8, 4) is 23.3 Å². The van der Waals surface area contributed by atoms with E-state index in [9.17, 15) is 10.1 Å². The number of hydrogen-bond acceptors (Lipinski definition) is 8. The number of thiazole rings is 1. The summed E-state index contributed by atoms with van der Waals surface area (Å²) in [6.07, 6.45) is 1.56. The van der Waals surface area contributed by atoms with Gasteiger partial charge in [0, 0.05) is 5.56 Å². The van der Waals surface area contributed by atoms with Crippen LogP contribution in [0.25, 0.3) is 21.3 Å². The second-order valence-corrected chi connectivity index (χ2v) is 8.69. The average Bonchev–Trinajstić information content (AvgIpc) is 3.23. The maximum Gasteiger partial charge on any atom is 0.230 e. The van der Waals surface area contributed by atoms with Crippen LogP contribution in [0.2, 0.25) is 0 Å². The van der Waals surface area contributed by atoms with E-state index in [4.69, 9.17) is 9.68 Å². The van der Waals surface area contributed by atoms with Gasteiger partial charge in [-0.1, -0.05) is 36.4 Å². The molecule has 0 radical (unpaired) electrons. The molecule has 9 heteroatoms. The predicted octanol–water partition coefficient (Wildman–Crippen LogP) is 3.52. The highest BCUT2D eigenvalue weighted by Crippen LogP contribution is 2.35. The molecule has 2 aromatic carbocycles. The van der Waals surface area contributed by atoms with Gasteiger partial charge in [0.25, 0.3) is 0 Å². The molecule has 1 fully saturated rings. The number of benzene rings is 2. The lowest BCUT2D eigenvalue weighted by molar-refractivity contribution is -0.121. The van der Waals surface area contributed by atoms with E-state index in [1.807, 2.05) is 42.5 Å². The Morgan fingerprint density at radius 1 is 1.12 bits per heavy atom. The third-order valence-corrected chi connectivity index (χ3v) is 6.35. The number of carbonyl (C=O) groups is 1. The van der Waals surface area contributed by atoms with Gasteiger partial charge in [0.2, 0.25) is 17.7 Å². The molecule has 8 nitrogen and oxygen atoms in total. The van der Waals surface area contributed by atoms with Gasteiger partial charge in [0.15, 0.2) is 0 Å². The Hall–Kier alpha value is -4.08. The van der Waals surface area contributed by atoms with E-state index in [2.05, 4.69) is 32.6 Å². The van der Waals surface area contributed by atoms with Crippen LogP contribution in [0.15, 0.2) is 46.9 Å². The molecule has 0 aliphatic heterocycles. The van der Waals surface area contributed by atoms with Crippen LogP contribution >= 0.6 is 11.3 Å². The normalized spacial score (nSPS) is 13.9. The Morgan fingerprint density at radius 3 is 2.62 bits per heavy atom. The van der Waals surface area contributed by atoms with Crippen molar-refractivity contribution in [3.05, 3.63) is 64.8 Å². The summed E-state index contributed by atoms with van der Waals surface area (Å²) in [5, 5.41) is 30.3. The zero-order chi connectivity index (χ0) is 22.1. The van der Waals surface area contributed by atoms with E-state index in [1.165, 1.54) is 11.3 Å². The first-order valence-electron chi connectivity index (χ1n) is 10.0. The first kappa shape index (κ1) is 19.9. The number of carbonyl (C=O) groups excluding carboxylic acids is 1. The number of aromatic nitrogens is 3. The van der Waals surface area contributed by atoms with E-state index >= 15 is 0 Å². The van der Waals surface area contributed by atoms with Crippen LogP contribution in [0, 0.1) is 22.7 Å². The number of nitrogens with zero attached hydrogens (tertiary/aromatic N) is 5. The highest BCUT2D eigenvalue weighted by molar-refractivity contribution is 7.18. The topological polar surface area (TPSA) is 128 Å². The molecular weight excluding hydrogens is 424 g/mol. The molecule has 1 saturated carbocycles. The van der Waals surface area contributed by atoms with Crippen molar-refractivity contribution >= 4 is 27.5 Å². The number of amides is 1. The highest BCUT2D eigenvalue weighted by atomic mass is 32.1. The van der Waals surface area contributed by atoms with Crippen molar-refractivity contribution in [2.75, 3.05) is 0 Å². The van der Waals surface area contributed by atoms with Crippen LogP contribution in [0.4, 0.5) is 0 Å². The zero-order valence-corrected chi connectivity index (χ0v) is 17.6. The number of fused-ring (bicyclic) bond motifs is 1. The van der Waals surface area contributed by atoms with Gasteiger partial charge in [-0.15, -0.1) is 21.5 Å². The van der Waals surface area contributed by atoms with Crippen LogP contribution in [0.5, 0.6) is 0 Å². The first-order valence-corrected chi connectivity index (χ1v) is 10.8. The first-order chi connectivity index (χ1) is 15.6. The molecule has 32 heavy (non-hydrogen) atoms. The fourth-order valence-corrected chi connectivity index (χ4v) is 4.53. The highest BCUT2D eigenvalue weighted by Gasteiger charge is 2.44. The molecule has 1 aliphatic rings. The summed E-state index contributed by atoms with van der Waals surface area (Å²) in [6.45, 7) is 0. The van der Waals surface area contributed by atoms with Crippen molar-refractivity contribution in [1.82, 2.24) is 20.5 Å². The van der Waals surface area contributed by atoms with Gasteiger partial charge in [0.05, 0.1) is 28.3 Å². The fraction of sp³-hybridized carbons (Fsp3) is 0.217. The second-order valence-electron chi connectivity index (χ2n) is 7.61. The maximum atomic E-state index is 12.1. The van der Waals surface area contributed by atoms with Crippen molar-refractivity contribution in [2.45, 2.75) is 31.2 Å². The van der Waals surface area contributed by atoms with E-state index in [0.717, 1.165) is 26.4 Å². The molecule has 156 valence electrons. The quantitative estimate of drug-likeness (QED) is 0.486. The summed E-state index contributed by atoms with van der Waals surface area (Å²) in [6, 6.07) is 18.0. The molecular formula is C23H16N6O2S. The van der Waals surface area contributed by atoms with Crippen molar-refractivity contribution in [3.63, 3.8) is 0 Å². The number of nitrogens with one attached hydrogen (secondary N) is 1. The summed E-state index contributed by atoms with van der Waals surface area (Å²) in [5.41, 5.74) is 2.45. The lowest BCUT2D eigenvalue weighted by Crippen LogP contribution is -2.36. The summed E-state index contributed by atoms with van der Waals surface area (Å²) in [7, 11) is 0. The van der Waals surface area contributed by atoms with Crippen molar-refractivity contribution < 1.29 is 9.21 Å². The van der Waals surface area contributed by atoms with Crippen LogP contribution < -0.4 is 5.32 Å². The summed E-state index contributed by atoms with van der Waals surface area (Å²) in [4.78, 5) is 16.7. The summed E-state index contributed by atoms with van der Waals surface area (Å²) in [5.74, 6) is 0.220. The van der Waals surface area contributed by atoms with Crippen LogP contribution in [0.3, 0.4) is 0 Å². The van der Waals surface area contributed by atoms with Crippen molar-refractivity contribution in [1.29, 1.82) is 10.5 Å². The van der Waals surface area contributed by atoms with Gasteiger partial charge in [-0.2, -0.15) is 10.5 Å². The molecule has 1 aliphatic carbocycles. The van der Waals surface area contributed by atoms with Gasteiger partial charge < -0.3 is 9.73 Å². The second kappa shape index (κ2) is 7.88. The SMILES string of the molecule is N#Cc1c(-c2ccccc2)ccc2nc(Cc3nnc(CC(=O)NC4(C#N)CC4)o3)sc12. The minimum absolute atomic E-state index is 0.0741. The van der Waals surface area contributed by atoms with E-state index in [0.29, 0.717) is 30.7 Å². The average molecular weight is 440 g/mol. The Balaban J connectivity index is 1.35. The van der Waals surface area contributed by atoms with E-state index in [1.54, 1.807) is 0 Å².